The first kappa shape index (κ1) is 19.8. The number of carbonyl (C=O) groups is 1. The van der Waals surface area contributed by atoms with Gasteiger partial charge in [-0.05, 0) is 65.6 Å². The monoisotopic (exact) mass is 418 g/mol. The molecule has 0 aliphatic carbocycles. The van der Waals surface area contributed by atoms with E-state index in [4.69, 9.17) is 4.42 Å². The third-order valence-corrected chi connectivity index (χ3v) is 5.48. The van der Waals surface area contributed by atoms with Gasteiger partial charge in [0.05, 0.1) is 0 Å². The Morgan fingerprint density at radius 3 is 2.34 bits per heavy atom. The van der Waals surface area contributed by atoms with Gasteiger partial charge in [0.15, 0.2) is 5.58 Å². The molecule has 0 bridgehead atoms. The molecule has 32 heavy (non-hydrogen) atoms. The van der Waals surface area contributed by atoms with E-state index in [1.165, 1.54) is 5.56 Å². The largest absolute Gasteiger partial charge is 0.436 e. The van der Waals surface area contributed by atoms with Crippen molar-refractivity contribution in [2.24, 2.45) is 0 Å². The highest BCUT2D eigenvalue weighted by Gasteiger charge is 2.11. The lowest BCUT2D eigenvalue weighted by molar-refractivity contribution is 0.102. The van der Waals surface area contributed by atoms with Crippen molar-refractivity contribution in [3.63, 3.8) is 0 Å². The van der Waals surface area contributed by atoms with E-state index in [2.05, 4.69) is 35.4 Å². The van der Waals surface area contributed by atoms with E-state index >= 15 is 0 Å². The van der Waals surface area contributed by atoms with Gasteiger partial charge in [-0.3, -0.25) is 4.79 Å². The molecule has 0 unspecified atom stereocenters. The molecule has 0 aliphatic rings. The van der Waals surface area contributed by atoms with Crippen LogP contribution in [0.15, 0.2) is 101 Å². The molecule has 1 N–H and O–H groups in total. The fraction of sp³-hybridized carbons (Fsp3) is 0.0714. The van der Waals surface area contributed by atoms with Gasteiger partial charge in [-0.2, -0.15) is 0 Å². The van der Waals surface area contributed by atoms with Crippen molar-refractivity contribution in [2.75, 3.05) is 5.32 Å². The number of hydrogen-bond donors (Lipinski definition) is 1. The van der Waals surface area contributed by atoms with E-state index in [9.17, 15) is 4.79 Å². The molecule has 1 amide bonds. The molecule has 0 radical (unpaired) electrons. The number of carbonyl (C=O) groups excluding carboxylic acids is 1. The number of hydrogen-bond acceptors (Lipinski definition) is 3. The van der Waals surface area contributed by atoms with Gasteiger partial charge in [0.1, 0.15) is 5.52 Å². The summed E-state index contributed by atoms with van der Waals surface area (Å²) >= 11 is 0. The molecule has 0 fully saturated rings. The van der Waals surface area contributed by atoms with Gasteiger partial charge in [0.2, 0.25) is 5.89 Å². The van der Waals surface area contributed by atoms with Crippen LogP contribution in [0.4, 0.5) is 5.69 Å². The van der Waals surface area contributed by atoms with E-state index in [0.717, 1.165) is 34.2 Å². The third-order valence-electron chi connectivity index (χ3n) is 5.48. The molecular weight excluding hydrogens is 396 g/mol. The first-order chi connectivity index (χ1) is 15.7. The van der Waals surface area contributed by atoms with Crippen molar-refractivity contribution in [2.45, 2.75) is 13.3 Å². The first-order valence-corrected chi connectivity index (χ1v) is 10.7. The van der Waals surface area contributed by atoms with Crippen LogP contribution in [0.2, 0.25) is 0 Å². The number of benzene rings is 4. The maximum atomic E-state index is 12.8. The Kier molecular flexibility index (Phi) is 5.26. The van der Waals surface area contributed by atoms with Crippen molar-refractivity contribution in [1.29, 1.82) is 0 Å². The van der Waals surface area contributed by atoms with Crippen LogP contribution >= 0.6 is 0 Å². The Morgan fingerprint density at radius 2 is 1.56 bits per heavy atom. The fourth-order valence-electron chi connectivity index (χ4n) is 3.69. The predicted octanol–water partition coefficient (Wildman–Crippen LogP) is 6.98. The van der Waals surface area contributed by atoms with Crippen LogP contribution in [0.5, 0.6) is 0 Å². The molecule has 4 nitrogen and oxygen atoms in total. The predicted molar refractivity (Wildman–Crippen MR) is 129 cm³/mol. The summed E-state index contributed by atoms with van der Waals surface area (Å²) in [6, 6.07) is 31.3. The van der Waals surface area contributed by atoms with Gasteiger partial charge < -0.3 is 9.73 Å². The summed E-state index contributed by atoms with van der Waals surface area (Å²) < 4.78 is 5.93. The van der Waals surface area contributed by atoms with Gasteiger partial charge in [0, 0.05) is 16.8 Å². The number of nitrogens with zero attached hydrogens (tertiary/aromatic N) is 1. The van der Waals surface area contributed by atoms with Gasteiger partial charge in [-0.25, -0.2) is 4.98 Å². The molecule has 0 spiro atoms. The minimum atomic E-state index is -0.160. The Hall–Kier alpha value is -4.18. The highest BCUT2D eigenvalue weighted by molar-refractivity contribution is 6.04. The molecule has 4 heteroatoms. The van der Waals surface area contributed by atoms with E-state index in [-0.39, 0.29) is 5.91 Å². The summed E-state index contributed by atoms with van der Waals surface area (Å²) in [7, 11) is 0. The number of nitrogens with one attached hydrogen (secondary N) is 1. The average Bonchev–Trinajstić information content (AvgIpc) is 3.28. The Labute approximate surface area is 186 Å². The van der Waals surface area contributed by atoms with Crippen molar-refractivity contribution >= 4 is 22.7 Å². The molecule has 0 saturated carbocycles. The van der Waals surface area contributed by atoms with Crippen molar-refractivity contribution in [3.05, 3.63) is 108 Å². The lowest BCUT2D eigenvalue weighted by atomic mass is 10.0. The number of amides is 1. The summed E-state index contributed by atoms with van der Waals surface area (Å²) in [5.74, 6) is 0.378. The van der Waals surface area contributed by atoms with Crippen LogP contribution in [0.25, 0.3) is 33.7 Å². The maximum Gasteiger partial charge on any atom is 0.255 e. The number of fused-ring (bicyclic) bond motifs is 1. The van der Waals surface area contributed by atoms with Gasteiger partial charge >= 0.3 is 0 Å². The molecular formula is C28H22N2O2. The number of oxazole rings is 1. The van der Waals surface area contributed by atoms with Crippen LogP contribution in [-0.2, 0) is 6.42 Å². The molecule has 5 rings (SSSR count). The van der Waals surface area contributed by atoms with Crippen LogP contribution < -0.4 is 5.32 Å². The van der Waals surface area contributed by atoms with Crippen LogP contribution in [0.3, 0.4) is 0 Å². The zero-order valence-corrected chi connectivity index (χ0v) is 17.7. The van der Waals surface area contributed by atoms with Crippen LogP contribution in [-0.4, -0.2) is 10.9 Å². The molecule has 0 atom stereocenters. The number of anilines is 1. The maximum absolute atomic E-state index is 12.8. The van der Waals surface area contributed by atoms with E-state index in [1.54, 1.807) is 0 Å². The van der Waals surface area contributed by atoms with Crippen LogP contribution in [0, 0.1) is 0 Å². The number of rotatable bonds is 5. The molecule has 1 heterocycles. The molecule has 4 aromatic carbocycles. The minimum absolute atomic E-state index is 0.160. The Balaban J connectivity index is 1.35. The lowest BCUT2D eigenvalue weighted by Gasteiger charge is -2.07. The second-order valence-electron chi connectivity index (χ2n) is 7.65. The topological polar surface area (TPSA) is 55.1 Å². The standard InChI is InChI=1S/C28H22N2O2/c1-2-19-11-16-26-25(17-19)30-28(32-26)23-9-6-10-24(18-23)29-27(31)22-14-12-21(13-15-22)20-7-4-3-5-8-20/h3-18H,2H2,1H3,(H,29,31). The summed E-state index contributed by atoms with van der Waals surface area (Å²) in [6.45, 7) is 2.11. The second-order valence-corrected chi connectivity index (χ2v) is 7.65. The zero-order valence-electron chi connectivity index (χ0n) is 17.7. The second kappa shape index (κ2) is 8.52. The highest BCUT2D eigenvalue weighted by atomic mass is 16.3. The van der Waals surface area contributed by atoms with E-state index in [0.29, 0.717) is 17.1 Å². The Bertz CT molecular complexity index is 1390. The quantitative estimate of drug-likeness (QED) is 0.335. The van der Waals surface area contributed by atoms with Gasteiger partial charge in [0.25, 0.3) is 5.91 Å². The first-order valence-electron chi connectivity index (χ1n) is 10.7. The minimum Gasteiger partial charge on any atom is -0.436 e. The smallest absolute Gasteiger partial charge is 0.255 e. The molecule has 5 aromatic rings. The van der Waals surface area contributed by atoms with E-state index < -0.39 is 0 Å². The summed E-state index contributed by atoms with van der Waals surface area (Å²) in [6.07, 6.45) is 0.950. The Morgan fingerprint density at radius 1 is 0.812 bits per heavy atom. The molecule has 0 aliphatic heterocycles. The average molecular weight is 418 g/mol. The lowest BCUT2D eigenvalue weighted by Crippen LogP contribution is -2.11. The molecule has 0 saturated heterocycles. The van der Waals surface area contributed by atoms with Crippen molar-refractivity contribution < 1.29 is 9.21 Å². The molecule has 1 aromatic heterocycles. The van der Waals surface area contributed by atoms with Crippen molar-refractivity contribution in [1.82, 2.24) is 4.98 Å². The normalized spacial score (nSPS) is 10.9. The number of aryl methyl sites for hydroxylation is 1. The van der Waals surface area contributed by atoms with E-state index in [1.807, 2.05) is 78.9 Å². The summed E-state index contributed by atoms with van der Waals surface area (Å²) in [4.78, 5) is 17.4. The van der Waals surface area contributed by atoms with Crippen LogP contribution in [0.1, 0.15) is 22.8 Å². The zero-order chi connectivity index (χ0) is 21.9. The summed E-state index contributed by atoms with van der Waals surface area (Å²) in [5, 5.41) is 2.97. The van der Waals surface area contributed by atoms with Gasteiger partial charge in [-0.1, -0.05) is 61.5 Å². The fourth-order valence-corrected chi connectivity index (χ4v) is 3.69. The SMILES string of the molecule is CCc1ccc2oc(-c3cccc(NC(=O)c4ccc(-c5ccccc5)cc4)c3)nc2c1. The third kappa shape index (κ3) is 4.03. The van der Waals surface area contributed by atoms with Crippen molar-refractivity contribution in [3.8, 4) is 22.6 Å². The number of aromatic nitrogens is 1. The summed E-state index contributed by atoms with van der Waals surface area (Å²) in [5.41, 5.74) is 7.12. The molecule has 156 valence electrons. The van der Waals surface area contributed by atoms with Gasteiger partial charge in [-0.15, -0.1) is 0 Å². The highest BCUT2D eigenvalue weighted by Crippen LogP contribution is 2.27.